The summed E-state index contributed by atoms with van der Waals surface area (Å²) in [6.07, 6.45) is 4.29. The molecule has 2 aromatic heterocycles. The molecule has 1 aliphatic carbocycles. The summed E-state index contributed by atoms with van der Waals surface area (Å²) in [5.74, 6) is 0.957. The van der Waals surface area contributed by atoms with Crippen LogP contribution in [0, 0.1) is 18.3 Å². The Labute approximate surface area is 109 Å². The van der Waals surface area contributed by atoms with Crippen molar-refractivity contribution in [1.29, 1.82) is 5.26 Å². The lowest BCUT2D eigenvalue weighted by Crippen LogP contribution is -2.05. The zero-order chi connectivity index (χ0) is 12.9. The number of hydrogen-bond acceptors (Lipinski definition) is 5. The summed E-state index contributed by atoms with van der Waals surface area (Å²) in [4.78, 5) is 4.57. The average Bonchev–Trinajstić information content (AvgIpc) is 3.13. The number of anilines is 1. The standard InChI is InChI=1S/C12H13N5S/c1-6-9(7-3-4-7)11-15-12(18-2)8(5-13)10(14)17(11)16-6/h7H,3-4,14H2,1-2H3. The zero-order valence-electron chi connectivity index (χ0n) is 10.3. The maximum Gasteiger partial charge on any atom is 0.162 e. The Balaban J connectivity index is 2.38. The van der Waals surface area contributed by atoms with Crippen molar-refractivity contribution in [3.8, 4) is 6.07 Å². The van der Waals surface area contributed by atoms with Crippen LogP contribution in [-0.2, 0) is 0 Å². The normalized spacial score (nSPS) is 14.9. The maximum absolute atomic E-state index is 9.16. The zero-order valence-corrected chi connectivity index (χ0v) is 11.1. The fourth-order valence-corrected chi connectivity index (χ4v) is 2.81. The third-order valence-corrected chi connectivity index (χ3v) is 3.96. The molecule has 5 nitrogen and oxygen atoms in total. The van der Waals surface area contributed by atoms with Crippen molar-refractivity contribution in [3.63, 3.8) is 0 Å². The molecule has 18 heavy (non-hydrogen) atoms. The summed E-state index contributed by atoms with van der Waals surface area (Å²) in [5.41, 5.74) is 9.43. The Hall–Kier alpha value is -1.74. The van der Waals surface area contributed by atoms with Gasteiger partial charge in [0.05, 0.1) is 5.69 Å². The van der Waals surface area contributed by atoms with Crippen LogP contribution >= 0.6 is 11.8 Å². The lowest BCUT2D eigenvalue weighted by Gasteiger charge is -2.06. The minimum atomic E-state index is 0.391. The molecule has 0 aromatic carbocycles. The highest BCUT2D eigenvalue weighted by atomic mass is 32.2. The van der Waals surface area contributed by atoms with Gasteiger partial charge in [-0.15, -0.1) is 11.8 Å². The van der Waals surface area contributed by atoms with Crippen LogP contribution in [0.15, 0.2) is 5.03 Å². The van der Waals surface area contributed by atoms with E-state index in [4.69, 9.17) is 11.0 Å². The Kier molecular flexibility index (Phi) is 2.45. The molecule has 0 atom stereocenters. The van der Waals surface area contributed by atoms with Crippen LogP contribution in [0.25, 0.3) is 5.65 Å². The number of hydrogen-bond donors (Lipinski definition) is 1. The molecule has 2 N–H and O–H groups in total. The summed E-state index contributed by atoms with van der Waals surface area (Å²) < 4.78 is 1.61. The molecule has 0 unspecified atom stereocenters. The molecule has 0 spiro atoms. The van der Waals surface area contributed by atoms with E-state index in [2.05, 4.69) is 16.2 Å². The number of nitriles is 1. The summed E-state index contributed by atoms with van der Waals surface area (Å²) in [7, 11) is 0. The molecule has 1 fully saturated rings. The van der Waals surface area contributed by atoms with E-state index in [0.717, 1.165) is 11.3 Å². The average molecular weight is 259 g/mol. The molecule has 3 rings (SSSR count). The molecule has 0 radical (unpaired) electrons. The second-order valence-corrected chi connectivity index (χ2v) is 5.30. The van der Waals surface area contributed by atoms with E-state index >= 15 is 0 Å². The van der Waals surface area contributed by atoms with Gasteiger partial charge in [0.1, 0.15) is 22.5 Å². The van der Waals surface area contributed by atoms with Gasteiger partial charge in [-0.1, -0.05) is 0 Å². The smallest absolute Gasteiger partial charge is 0.162 e. The summed E-state index contributed by atoms with van der Waals surface area (Å²) >= 11 is 1.44. The monoisotopic (exact) mass is 259 g/mol. The van der Waals surface area contributed by atoms with Crippen molar-refractivity contribution >= 4 is 23.2 Å². The fraction of sp³-hybridized carbons (Fsp3) is 0.417. The van der Waals surface area contributed by atoms with Crippen LogP contribution in [0.5, 0.6) is 0 Å². The third kappa shape index (κ3) is 1.47. The number of aryl methyl sites for hydroxylation is 1. The Bertz CT molecular complexity index is 678. The number of fused-ring (bicyclic) bond motifs is 1. The highest BCUT2D eigenvalue weighted by Crippen LogP contribution is 2.43. The van der Waals surface area contributed by atoms with Crippen molar-refractivity contribution in [1.82, 2.24) is 14.6 Å². The van der Waals surface area contributed by atoms with E-state index in [9.17, 15) is 0 Å². The number of rotatable bonds is 2. The van der Waals surface area contributed by atoms with Gasteiger partial charge < -0.3 is 5.73 Å². The third-order valence-electron chi connectivity index (χ3n) is 3.28. The van der Waals surface area contributed by atoms with Crippen LogP contribution < -0.4 is 5.73 Å². The Morgan fingerprint density at radius 2 is 2.22 bits per heavy atom. The highest BCUT2D eigenvalue weighted by molar-refractivity contribution is 7.98. The molecule has 0 bridgehead atoms. The molecular weight excluding hydrogens is 246 g/mol. The van der Waals surface area contributed by atoms with Crippen molar-refractivity contribution in [2.24, 2.45) is 0 Å². The topological polar surface area (TPSA) is 80.0 Å². The van der Waals surface area contributed by atoms with E-state index in [1.807, 2.05) is 13.2 Å². The largest absolute Gasteiger partial charge is 0.382 e. The lowest BCUT2D eigenvalue weighted by molar-refractivity contribution is 0.904. The first-order valence-corrected chi connectivity index (χ1v) is 7.02. The molecule has 92 valence electrons. The molecule has 0 amide bonds. The van der Waals surface area contributed by atoms with E-state index in [0.29, 0.717) is 22.3 Å². The highest BCUT2D eigenvalue weighted by Gasteiger charge is 2.31. The number of nitrogens with zero attached hydrogens (tertiary/aromatic N) is 4. The first kappa shape index (κ1) is 11.4. The van der Waals surface area contributed by atoms with Crippen molar-refractivity contribution < 1.29 is 0 Å². The van der Waals surface area contributed by atoms with E-state index < -0.39 is 0 Å². The summed E-state index contributed by atoms with van der Waals surface area (Å²) in [5, 5.41) is 14.3. The van der Waals surface area contributed by atoms with Crippen molar-refractivity contribution in [2.45, 2.75) is 30.7 Å². The Morgan fingerprint density at radius 1 is 1.50 bits per heavy atom. The summed E-state index contributed by atoms with van der Waals surface area (Å²) in [6, 6.07) is 2.11. The van der Waals surface area contributed by atoms with E-state index in [1.54, 1.807) is 4.52 Å². The SMILES string of the molecule is CSc1nc2c(C3CC3)c(C)nn2c(N)c1C#N. The van der Waals surface area contributed by atoms with Gasteiger partial charge in [0.25, 0.3) is 0 Å². The molecule has 2 aromatic rings. The minimum absolute atomic E-state index is 0.391. The molecule has 1 aliphatic rings. The van der Waals surface area contributed by atoms with Gasteiger partial charge in [-0.05, 0) is 31.9 Å². The maximum atomic E-state index is 9.16. The number of aromatic nitrogens is 3. The van der Waals surface area contributed by atoms with Crippen LogP contribution in [0.2, 0.25) is 0 Å². The minimum Gasteiger partial charge on any atom is -0.382 e. The van der Waals surface area contributed by atoms with Gasteiger partial charge >= 0.3 is 0 Å². The van der Waals surface area contributed by atoms with Gasteiger partial charge in [0.2, 0.25) is 0 Å². The van der Waals surface area contributed by atoms with Gasteiger partial charge in [0, 0.05) is 5.56 Å². The van der Waals surface area contributed by atoms with Crippen molar-refractivity contribution in [2.75, 3.05) is 12.0 Å². The number of thioether (sulfide) groups is 1. The predicted octanol–water partition coefficient (Wildman–Crippen LogP) is 2.09. The first-order valence-electron chi connectivity index (χ1n) is 5.80. The molecule has 0 saturated heterocycles. The molecule has 6 heteroatoms. The van der Waals surface area contributed by atoms with Crippen LogP contribution in [0.4, 0.5) is 5.82 Å². The van der Waals surface area contributed by atoms with Gasteiger partial charge in [-0.3, -0.25) is 0 Å². The molecule has 1 saturated carbocycles. The second kappa shape index (κ2) is 3.89. The molecule has 2 heterocycles. The van der Waals surface area contributed by atoms with E-state index in [1.165, 1.54) is 30.2 Å². The van der Waals surface area contributed by atoms with Crippen LogP contribution in [-0.4, -0.2) is 20.9 Å². The second-order valence-electron chi connectivity index (χ2n) is 4.50. The summed E-state index contributed by atoms with van der Waals surface area (Å²) in [6.45, 7) is 1.98. The van der Waals surface area contributed by atoms with Gasteiger partial charge in [0.15, 0.2) is 5.65 Å². The first-order chi connectivity index (χ1) is 8.67. The number of nitrogens with two attached hydrogens (primary N) is 1. The van der Waals surface area contributed by atoms with E-state index in [-0.39, 0.29) is 0 Å². The van der Waals surface area contributed by atoms with Crippen LogP contribution in [0.3, 0.4) is 0 Å². The van der Waals surface area contributed by atoms with Crippen molar-refractivity contribution in [3.05, 3.63) is 16.8 Å². The quantitative estimate of drug-likeness (QED) is 0.660. The predicted molar refractivity (Wildman–Crippen MR) is 70.6 cm³/mol. The number of nitrogen functional groups attached to an aromatic ring is 1. The lowest BCUT2D eigenvalue weighted by atomic mass is 10.1. The van der Waals surface area contributed by atoms with Crippen LogP contribution in [0.1, 0.15) is 35.6 Å². The fourth-order valence-electron chi connectivity index (χ4n) is 2.27. The molecular formula is C12H13N5S. The molecule has 0 aliphatic heterocycles. The van der Waals surface area contributed by atoms with Gasteiger partial charge in [-0.2, -0.15) is 14.9 Å². The Morgan fingerprint density at radius 3 is 2.78 bits per heavy atom. The van der Waals surface area contributed by atoms with Gasteiger partial charge in [-0.25, -0.2) is 4.98 Å².